The van der Waals surface area contributed by atoms with Crippen molar-refractivity contribution >= 4 is 5.91 Å². The predicted molar refractivity (Wildman–Crippen MR) is 85.4 cm³/mol. The summed E-state index contributed by atoms with van der Waals surface area (Å²) in [4.78, 5) is 44.4. The lowest BCUT2D eigenvalue weighted by molar-refractivity contribution is -0.121. The molecule has 3 rings (SSSR count). The molecule has 0 unspecified atom stereocenters. The van der Waals surface area contributed by atoms with Crippen molar-refractivity contribution in [2.45, 2.75) is 45.7 Å². The molecule has 0 spiro atoms. The van der Waals surface area contributed by atoms with Crippen LogP contribution in [0, 0.1) is 12.8 Å². The molecule has 24 heavy (non-hydrogen) atoms. The second kappa shape index (κ2) is 6.42. The summed E-state index contributed by atoms with van der Waals surface area (Å²) in [5, 5.41) is 7.12. The summed E-state index contributed by atoms with van der Waals surface area (Å²) in [6.07, 6.45) is 3.44. The maximum absolute atomic E-state index is 12.4. The predicted octanol–water partition coefficient (Wildman–Crippen LogP) is -0.207. The first-order valence-corrected chi connectivity index (χ1v) is 7.98. The summed E-state index contributed by atoms with van der Waals surface area (Å²) < 4.78 is 1.77. The van der Waals surface area contributed by atoms with Gasteiger partial charge in [0.15, 0.2) is 0 Å². The fraction of sp³-hybridized carbons (Fsp3) is 0.533. The number of aromatic nitrogens is 5. The molecule has 128 valence electrons. The number of hydrogen-bond acceptors (Lipinski definition) is 5. The third-order valence-electron chi connectivity index (χ3n) is 4.23. The highest BCUT2D eigenvalue weighted by atomic mass is 16.2. The molecule has 2 aromatic heterocycles. The van der Waals surface area contributed by atoms with Crippen LogP contribution in [0.15, 0.2) is 15.9 Å². The molecule has 1 amide bonds. The van der Waals surface area contributed by atoms with Gasteiger partial charge in [0.05, 0.1) is 12.5 Å². The van der Waals surface area contributed by atoms with E-state index < -0.39 is 11.2 Å². The molecule has 1 fully saturated rings. The quantitative estimate of drug-likeness (QED) is 0.675. The van der Waals surface area contributed by atoms with Gasteiger partial charge in [0, 0.05) is 17.8 Å². The largest absolute Gasteiger partial charge is 0.346 e. The highest BCUT2D eigenvalue weighted by molar-refractivity contribution is 5.79. The van der Waals surface area contributed by atoms with E-state index in [1.807, 2.05) is 6.92 Å². The highest BCUT2D eigenvalue weighted by Gasteiger charge is 2.36. The summed E-state index contributed by atoms with van der Waals surface area (Å²) in [6, 6.07) is -0.206. The second-order valence-corrected chi connectivity index (χ2v) is 6.01. The Bertz CT molecular complexity index is 861. The van der Waals surface area contributed by atoms with Crippen molar-refractivity contribution in [1.29, 1.82) is 0 Å². The van der Waals surface area contributed by atoms with Gasteiger partial charge < -0.3 is 10.3 Å². The minimum atomic E-state index is -0.575. The van der Waals surface area contributed by atoms with Crippen LogP contribution >= 0.6 is 0 Å². The number of carbonyl (C=O) groups excluding carboxylic acids is 1. The smallest absolute Gasteiger partial charge is 0.325 e. The molecule has 1 atom stereocenters. The molecule has 2 aromatic rings. The lowest BCUT2D eigenvalue weighted by atomic mass is 10.1. The van der Waals surface area contributed by atoms with Crippen molar-refractivity contribution in [3.8, 4) is 0 Å². The number of aryl methyl sites for hydroxylation is 2. The van der Waals surface area contributed by atoms with Gasteiger partial charge in [-0.1, -0.05) is 0 Å². The van der Waals surface area contributed by atoms with E-state index in [1.165, 1.54) is 6.33 Å². The zero-order chi connectivity index (χ0) is 17.3. The van der Waals surface area contributed by atoms with E-state index in [1.54, 1.807) is 11.6 Å². The first kappa shape index (κ1) is 16.2. The van der Waals surface area contributed by atoms with Crippen LogP contribution in [0.3, 0.4) is 0 Å². The van der Waals surface area contributed by atoms with Crippen LogP contribution in [0.1, 0.15) is 42.9 Å². The zero-order valence-corrected chi connectivity index (χ0v) is 13.6. The van der Waals surface area contributed by atoms with E-state index >= 15 is 0 Å². The number of amides is 1. The van der Waals surface area contributed by atoms with E-state index in [0.717, 1.165) is 18.7 Å². The van der Waals surface area contributed by atoms with Gasteiger partial charge in [-0.3, -0.25) is 14.6 Å². The van der Waals surface area contributed by atoms with Crippen molar-refractivity contribution in [3.63, 3.8) is 0 Å². The van der Waals surface area contributed by atoms with Crippen LogP contribution in [0.2, 0.25) is 0 Å². The third kappa shape index (κ3) is 3.29. The van der Waals surface area contributed by atoms with Crippen molar-refractivity contribution < 1.29 is 4.79 Å². The van der Waals surface area contributed by atoms with E-state index in [0.29, 0.717) is 18.2 Å². The first-order valence-electron chi connectivity index (χ1n) is 7.98. The maximum atomic E-state index is 12.4. The number of hydrogen-bond donors (Lipinski definition) is 3. The fourth-order valence-corrected chi connectivity index (χ4v) is 2.80. The second-order valence-electron chi connectivity index (χ2n) is 6.01. The van der Waals surface area contributed by atoms with Gasteiger partial charge >= 0.3 is 5.69 Å². The number of aromatic amines is 2. The number of nitrogens with one attached hydrogen (secondary N) is 3. The molecule has 0 radical (unpaired) electrons. The van der Waals surface area contributed by atoms with Crippen LogP contribution in [-0.4, -0.2) is 30.6 Å². The van der Waals surface area contributed by atoms with Crippen LogP contribution in [0.25, 0.3) is 0 Å². The van der Waals surface area contributed by atoms with Crippen LogP contribution in [0.4, 0.5) is 0 Å². The summed E-state index contributed by atoms with van der Waals surface area (Å²) in [5.74, 6) is 0.803. The molecule has 1 aliphatic rings. The Balaban J connectivity index is 1.78. The van der Waals surface area contributed by atoms with E-state index in [-0.39, 0.29) is 23.9 Å². The SMILES string of the molecule is CCn1ncnc1[C@@H](NC(=O)Cc1c(C)[nH]c(=O)[nH]c1=O)C1CC1. The molecule has 0 bridgehead atoms. The summed E-state index contributed by atoms with van der Waals surface area (Å²) >= 11 is 0. The van der Waals surface area contributed by atoms with Crippen LogP contribution in [0.5, 0.6) is 0 Å². The molecule has 0 saturated heterocycles. The first-order chi connectivity index (χ1) is 11.5. The molecule has 9 nitrogen and oxygen atoms in total. The van der Waals surface area contributed by atoms with Gasteiger partial charge in [-0.15, -0.1) is 0 Å². The molecule has 1 saturated carbocycles. The Morgan fingerprint density at radius 1 is 1.42 bits per heavy atom. The Morgan fingerprint density at radius 3 is 2.79 bits per heavy atom. The molecule has 2 heterocycles. The third-order valence-corrected chi connectivity index (χ3v) is 4.23. The van der Waals surface area contributed by atoms with Crippen LogP contribution in [-0.2, 0) is 17.8 Å². The molecular formula is C15H20N6O3. The molecule has 3 N–H and O–H groups in total. The van der Waals surface area contributed by atoms with Gasteiger partial charge in [0.25, 0.3) is 5.56 Å². The average Bonchev–Trinajstić information content (AvgIpc) is 3.25. The van der Waals surface area contributed by atoms with Gasteiger partial charge in [0.2, 0.25) is 5.91 Å². The molecule has 1 aliphatic carbocycles. The monoisotopic (exact) mass is 332 g/mol. The van der Waals surface area contributed by atoms with E-state index in [4.69, 9.17) is 0 Å². The normalized spacial score (nSPS) is 15.2. The summed E-state index contributed by atoms with van der Waals surface area (Å²) in [5.41, 5.74) is -0.447. The van der Waals surface area contributed by atoms with E-state index in [9.17, 15) is 14.4 Å². The van der Waals surface area contributed by atoms with Crippen molar-refractivity contribution in [2.24, 2.45) is 5.92 Å². The minimum Gasteiger partial charge on any atom is -0.346 e. The van der Waals surface area contributed by atoms with Crippen molar-refractivity contribution in [2.75, 3.05) is 0 Å². The standard InChI is InChI=1S/C15H20N6O3/c1-3-21-13(16-7-17-21)12(9-4-5-9)19-11(22)6-10-8(2)18-15(24)20-14(10)23/h7,9,12H,3-6H2,1-2H3,(H,19,22)(H2,18,20,23,24)/t12-/m0/s1. The van der Waals surface area contributed by atoms with Gasteiger partial charge in [-0.05, 0) is 32.6 Å². The number of carbonyl (C=O) groups is 1. The Hall–Kier alpha value is -2.71. The molecule has 0 aliphatic heterocycles. The minimum absolute atomic E-state index is 0.0958. The molecule has 9 heteroatoms. The molecular weight excluding hydrogens is 312 g/mol. The topological polar surface area (TPSA) is 126 Å². The number of H-pyrrole nitrogens is 2. The highest BCUT2D eigenvalue weighted by Crippen LogP contribution is 2.40. The Kier molecular flexibility index (Phi) is 4.32. The van der Waals surface area contributed by atoms with E-state index in [2.05, 4.69) is 25.4 Å². The summed E-state index contributed by atoms with van der Waals surface area (Å²) in [6.45, 7) is 4.24. The Labute approximate surface area is 137 Å². The number of rotatable bonds is 6. The van der Waals surface area contributed by atoms with Crippen LogP contribution < -0.4 is 16.6 Å². The van der Waals surface area contributed by atoms with Gasteiger partial charge in [-0.25, -0.2) is 14.5 Å². The maximum Gasteiger partial charge on any atom is 0.325 e. The number of nitrogens with zero attached hydrogens (tertiary/aromatic N) is 3. The van der Waals surface area contributed by atoms with Gasteiger partial charge in [-0.2, -0.15) is 5.10 Å². The average molecular weight is 332 g/mol. The Morgan fingerprint density at radius 2 is 2.17 bits per heavy atom. The van der Waals surface area contributed by atoms with Crippen molar-refractivity contribution in [1.82, 2.24) is 30.0 Å². The summed E-state index contributed by atoms with van der Waals surface area (Å²) in [7, 11) is 0. The zero-order valence-electron chi connectivity index (χ0n) is 13.6. The molecule has 0 aromatic carbocycles. The lowest BCUT2D eigenvalue weighted by Crippen LogP contribution is -2.36. The van der Waals surface area contributed by atoms with Crippen molar-refractivity contribution in [3.05, 3.63) is 44.2 Å². The van der Waals surface area contributed by atoms with Gasteiger partial charge in [0.1, 0.15) is 12.2 Å². The lowest BCUT2D eigenvalue weighted by Gasteiger charge is -2.18. The fourth-order valence-electron chi connectivity index (χ4n) is 2.80.